The molecule has 0 aliphatic rings. The molecule has 0 aliphatic heterocycles. The standard InChI is InChI=1S/C13H16BrNO/c1-8(2)15-12-6-4-5-11(14)10(12)7-13(15)9(3)16/h4-9,16H,1-3H3. The van der Waals surface area contributed by atoms with Gasteiger partial charge in [-0.2, -0.15) is 0 Å². The molecule has 1 N–H and O–H groups in total. The maximum atomic E-state index is 9.81. The summed E-state index contributed by atoms with van der Waals surface area (Å²) < 4.78 is 3.26. The fourth-order valence-electron chi connectivity index (χ4n) is 2.13. The van der Waals surface area contributed by atoms with Gasteiger partial charge in [0.25, 0.3) is 0 Å². The molecule has 1 aromatic carbocycles. The maximum Gasteiger partial charge on any atom is 0.0912 e. The second kappa shape index (κ2) is 4.22. The van der Waals surface area contributed by atoms with E-state index in [9.17, 15) is 5.11 Å². The zero-order valence-corrected chi connectivity index (χ0v) is 11.3. The van der Waals surface area contributed by atoms with Crippen LogP contribution in [-0.2, 0) is 0 Å². The van der Waals surface area contributed by atoms with Crippen molar-refractivity contribution in [2.45, 2.75) is 32.9 Å². The van der Waals surface area contributed by atoms with Crippen molar-refractivity contribution in [1.82, 2.24) is 4.57 Å². The summed E-state index contributed by atoms with van der Waals surface area (Å²) in [6.45, 7) is 6.07. The summed E-state index contributed by atoms with van der Waals surface area (Å²) in [5.41, 5.74) is 2.14. The van der Waals surface area contributed by atoms with Crippen molar-refractivity contribution in [3.63, 3.8) is 0 Å². The number of benzene rings is 1. The van der Waals surface area contributed by atoms with Crippen LogP contribution in [-0.4, -0.2) is 9.67 Å². The van der Waals surface area contributed by atoms with E-state index < -0.39 is 6.10 Å². The molecule has 0 amide bonds. The Labute approximate surface area is 104 Å². The highest BCUT2D eigenvalue weighted by Crippen LogP contribution is 2.32. The Morgan fingerprint density at radius 2 is 1.94 bits per heavy atom. The third-order valence-corrected chi connectivity index (χ3v) is 3.50. The van der Waals surface area contributed by atoms with Gasteiger partial charge >= 0.3 is 0 Å². The molecule has 0 fully saturated rings. The van der Waals surface area contributed by atoms with Gasteiger partial charge < -0.3 is 9.67 Å². The van der Waals surface area contributed by atoms with Crippen molar-refractivity contribution in [3.8, 4) is 0 Å². The number of rotatable bonds is 2. The number of aliphatic hydroxyl groups excluding tert-OH is 1. The summed E-state index contributed by atoms with van der Waals surface area (Å²) in [7, 11) is 0. The first kappa shape index (κ1) is 11.7. The van der Waals surface area contributed by atoms with Crippen LogP contribution in [0.3, 0.4) is 0 Å². The maximum absolute atomic E-state index is 9.81. The summed E-state index contributed by atoms with van der Waals surface area (Å²) in [5.74, 6) is 0. The Balaban J connectivity index is 2.81. The highest BCUT2D eigenvalue weighted by atomic mass is 79.9. The van der Waals surface area contributed by atoms with Gasteiger partial charge in [0.05, 0.1) is 6.10 Å². The van der Waals surface area contributed by atoms with E-state index in [4.69, 9.17) is 0 Å². The molecule has 3 heteroatoms. The van der Waals surface area contributed by atoms with E-state index in [1.165, 1.54) is 5.52 Å². The first-order chi connectivity index (χ1) is 7.52. The van der Waals surface area contributed by atoms with Crippen molar-refractivity contribution < 1.29 is 5.11 Å². The average Bonchev–Trinajstić information content (AvgIpc) is 2.58. The van der Waals surface area contributed by atoms with Gasteiger partial charge in [-0.05, 0) is 39.0 Å². The van der Waals surface area contributed by atoms with Gasteiger partial charge in [0, 0.05) is 27.1 Å². The number of hydrogen-bond donors (Lipinski definition) is 1. The van der Waals surface area contributed by atoms with E-state index in [0.717, 1.165) is 15.6 Å². The molecule has 1 atom stereocenters. The first-order valence-electron chi connectivity index (χ1n) is 5.49. The van der Waals surface area contributed by atoms with Gasteiger partial charge in [-0.15, -0.1) is 0 Å². The smallest absolute Gasteiger partial charge is 0.0912 e. The van der Waals surface area contributed by atoms with E-state index in [0.29, 0.717) is 6.04 Å². The van der Waals surface area contributed by atoms with Crippen LogP contribution in [0.4, 0.5) is 0 Å². The Hall–Kier alpha value is -0.800. The molecule has 2 rings (SSSR count). The summed E-state index contributed by atoms with van der Waals surface area (Å²) in [4.78, 5) is 0. The zero-order chi connectivity index (χ0) is 11.9. The lowest BCUT2D eigenvalue weighted by Crippen LogP contribution is -2.07. The molecule has 0 spiro atoms. The third-order valence-electron chi connectivity index (χ3n) is 2.80. The predicted octanol–water partition coefficient (Wildman–Crippen LogP) is 4.04. The van der Waals surface area contributed by atoms with Crippen LogP contribution in [0, 0.1) is 0 Å². The molecule has 0 saturated carbocycles. The fraction of sp³-hybridized carbons (Fsp3) is 0.385. The molecule has 1 aromatic heterocycles. The van der Waals surface area contributed by atoms with Gasteiger partial charge in [0.15, 0.2) is 0 Å². The Morgan fingerprint density at radius 3 is 2.50 bits per heavy atom. The molecule has 0 radical (unpaired) electrons. The molecule has 0 aliphatic carbocycles. The summed E-state index contributed by atoms with van der Waals surface area (Å²) >= 11 is 3.55. The lowest BCUT2D eigenvalue weighted by Gasteiger charge is -2.16. The highest BCUT2D eigenvalue weighted by molar-refractivity contribution is 9.10. The fourth-order valence-corrected chi connectivity index (χ4v) is 2.60. The normalized spacial score (nSPS) is 13.6. The summed E-state index contributed by atoms with van der Waals surface area (Å²) in [5, 5.41) is 11.0. The van der Waals surface area contributed by atoms with Crippen LogP contribution < -0.4 is 0 Å². The largest absolute Gasteiger partial charge is 0.387 e. The van der Waals surface area contributed by atoms with Crippen LogP contribution in [0.1, 0.15) is 38.6 Å². The number of hydrogen-bond acceptors (Lipinski definition) is 1. The van der Waals surface area contributed by atoms with E-state index >= 15 is 0 Å². The Morgan fingerprint density at radius 1 is 1.25 bits per heavy atom. The quantitative estimate of drug-likeness (QED) is 0.883. The number of halogens is 1. The molecule has 86 valence electrons. The van der Waals surface area contributed by atoms with Crippen molar-refractivity contribution in [1.29, 1.82) is 0 Å². The lowest BCUT2D eigenvalue weighted by atomic mass is 10.2. The van der Waals surface area contributed by atoms with Gasteiger partial charge in [0.2, 0.25) is 0 Å². The predicted molar refractivity (Wildman–Crippen MR) is 70.7 cm³/mol. The molecule has 2 nitrogen and oxygen atoms in total. The number of aromatic nitrogens is 1. The molecule has 2 aromatic rings. The van der Waals surface area contributed by atoms with Crippen LogP contribution >= 0.6 is 15.9 Å². The van der Waals surface area contributed by atoms with Gasteiger partial charge in [-0.25, -0.2) is 0 Å². The Kier molecular flexibility index (Phi) is 3.08. The minimum absolute atomic E-state index is 0.344. The highest BCUT2D eigenvalue weighted by Gasteiger charge is 2.15. The molecule has 16 heavy (non-hydrogen) atoms. The van der Waals surface area contributed by atoms with E-state index in [1.807, 2.05) is 12.1 Å². The lowest BCUT2D eigenvalue weighted by molar-refractivity contribution is 0.188. The summed E-state index contributed by atoms with van der Waals surface area (Å²) in [6.07, 6.45) is -0.443. The van der Waals surface area contributed by atoms with Gasteiger partial charge in [-0.1, -0.05) is 22.0 Å². The molecule has 1 unspecified atom stereocenters. The van der Waals surface area contributed by atoms with Crippen molar-refractivity contribution >= 4 is 26.8 Å². The van der Waals surface area contributed by atoms with Crippen LogP contribution in [0.25, 0.3) is 10.9 Å². The molecular weight excluding hydrogens is 266 g/mol. The number of aliphatic hydroxyl groups is 1. The van der Waals surface area contributed by atoms with Gasteiger partial charge in [-0.3, -0.25) is 0 Å². The molecule has 0 saturated heterocycles. The van der Waals surface area contributed by atoms with Crippen molar-refractivity contribution in [3.05, 3.63) is 34.4 Å². The van der Waals surface area contributed by atoms with E-state index in [2.05, 4.69) is 46.5 Å². The van der Waals surface area contributed by atoms with Crippen LogP contribution in [0.5, 0.6) is 0 Å². The molecular formula is C13H16BrNO. The van der Waals surface area contributed by atoms with E-state index in [1.54, 1.807) is 6.92 Å². The summed E-state index contributed by atoms with van der Waals surface area (Å²) in [6, 6.07) is 8.54. The van der Waals surface area contributed by atoms with Crippen molar-refractivity contribution in [2.75, 3.05) is 0 Å². The number of nitrogens with zero attached hydrogens (tertiary/aromatic N) is 1. The minimum atomic E-state index is -0.443. The topological polar surface area (TPSA) is 25.2 Å². The SMILES string of the molecule is CC(O)c1cc2c(Br)cccc2n1C(C)C. The number of fused-ring (bicyclic) bond motifs is 1. The third kappa shape index (κ3) is 1.78. The molecule has 0 bridgehead atoms. The van der Waals surface area contributed by atoms with Crippen LogP contribution in [0.15, 0.2) is 28.7 Å². The zero-order valence-electron chi connectivity index (χ0n) is 9.74. The van der Waals surface area contributed by atoms with E-state index in [-0.39, 0.29) is 0 Å². The van der Waals surface area contributed by atoms with Crippen molar-refractivity contribution in [2.24, 2.45) is 0 Å². The average molecular weight is 282 g/mol. The second-order valence-corrected chi connectivity index (χ2v) is 5.24. The Bertz CT molecular complexity index is 514. The van der Waals surface area contributed by atoms with Gasteiger partial charge in [0.1, 0.15) is 0 Å². The minimum Gasteiger partial charge on any atom is -0.387 e. The second-order valence-electron chi connectivity index (χ2n) is 4.38. The monoisotopic (exact) mass is 281 g/mol. The molecule has 1 heterocycles. The first-order valence-corrected chi connectivity index (χ1v) is 6.29. The van der Waals surface area contributed by atoms with Crippen LogP contribution in [0.2, 0.25) is 0 Å².